The molecule has 2 aliphatic heterocycles. The van der Waals surface area contributed by atoms with Gasteiger partial charge in [-0.3, -0.25) is 14.1 Å². The highest BCUT2D eigenvalue weighted by molar-refractivity contribution is 5.94. The number of fused-ring (bicyclic) bond motifs is 1. The number of piperazine rings is 1. The molecular formula is C19H27N7O2. The van der Waals surface area contributed by atoms with Crippen molar-refractivity contribution in [2.75, 3.05) is 53.9 Å². The number of nitrogens with zero attached hydrogens (tertiary/aromatic N) is 7. The molecule has 150 valence electrons. The molecule has 2 aliphatic rings. The van der Waals surface area contributed by atoms with Crippen LogP contribution >= 0.6 is 0 Å². The van der Waals surface area contributed by atoms with Crippen molar-refractivity contribution in [2.24, 2.45) is 0 Å². The zero-order valence-corrected chi connectivity index (χ0v) is 16.7. The van der Waals surface area contributed by atoms with Crippen LogP contribution in [0.5, 0.6) is 0 Å². The summed E-state index contributed by atoms with van der Waals surface area (Å²) in [4.78, 5) is 32.7. The van der Waals surface area contributed by atoms with Crippen molar-refractivity contribution in [3.05, 3.63) is 29.7 Å². The summed E-state index contributed by atoms with van der Waals surface area (Å²) >= 11 is 0. The summed E-state index contributed by atoms with van der Waals surface area (Å²) in [6.07, 6.45) is 3.97. The Bertz CT molecular complexity index is 888. The van der Waals surface area contributed by atoms with Gasteiger partial charge in [-0.2, -0.15) is 0 Å². The first-order valence-corrected chi connectivity index (χ1v) is 9.76. The minimum absolute atomic E-state index is 0.00294. The van der Waals surface area contributed by atoms with Crippen molar-refractivity contribution in [1.82, 2.24) is 34.2 Å². The van der Waals surface area contributed by atoms with Gasteiger partial charge in [-0.1, -0.05) is 0 Å². The summed E-state index contributed by atoms with van der Waals surface area (Å²) in [6.45, 7) is 3.61. The summed E-state index contributed by atoms with van der Waals surface area (Å²) in [5.41, 5.74) is 1.35. The standard InChI is InChI=1S/C19H27N7O2/c1-22(2)19(28)25-11-10-23(3)15(13-25)17-21-20-16-7-6-14(12-26(16)17)18(27)24-8-4-5-9-24/h6-7,12,15H,4-5,8-11,13H2,1-3H3. The number of aromatic nitrogens is 3. The van der Waals surface area contributed by atoms with E-state index >= 15 is 0 Å². The van der Waals surface area contributed by atoms with Gasteiger partial charge in [0.1, 0.15) is 0 Å². The Morgan fingerprint density at radius 3 is 2.50 bits per heavy atom. The number of rotatable bonds is 2. The summed E-state index contributed by atoms with van der Waals surface area (Å²) in [5, 5.41) is 8.68. The van der Waals surface area contributed by atoms with Crippen molar-refractivity contribution in [1.29, 1.82) is 0 Å². The molecule has 9 nitrogen and oxygen atoms in total. The third kappa shape index (κ3) is 3.30. The van der Waals surface area contributed by atoms with Gasteiger partial charge in [0, 0.05) is 53.0 Å². The Labute approximate surface area is 164 Å². The van der Waals surface area contributed by atoms with E-state index in [1.807, 2.05) is 39.6 Å². The number of likely N-dealkylation sites (tertiary alicyclic amines) is 1. The quantitative estimate of drug-likeness (QED) is 0.769. The van der Waals surface area contributed by atoms with Gasteiger partial charge in [-0.15, -0.1) is 10.2 Å². The van der Waals surface area contributed by atoms with Crippen LogP contribution in [0.2, 0.25) is 0 Å². The maximum Gasteiger partial charge on any atom is 0.319 e. The van der Waals surface area contributed by atoms with E-state index in [1.165, 1.54) is 0 Å². The van der Waals surface area contributed by atoms with Crippen LogP contribution in [0.1, 0.15) is 35.1 Å². The lowest BCUT2D eigenvalue weighted by molar-refractivity contribution is 0.0792. The lowest BCUT2D eigenvalue weighted by Gasteiger charge is -2.39. The number of pyridine rings is 1. The van der Waals surface area contributed by atoms with Gasteiger partial charge in [-0.25, -0.2) is 4.79 Å². The van der Waals surface area contributed by atoms with Gasteiger partial charge in [-0.05, 0) is 32.0 Å². The fourth-order valence-corrected chi connectivity index (χ4v) is 3.97. The van der Waals surface area contributed by atoms with Crippen LogP contribution in [0.4, 0.5) is 4.79 Å². The Hall–Kier alpha value is -2.68. The lowest BCUT2D eigenvalue weighted by atomic mass is 10.1. The average molecular weight is 385 g/mol. The molecule has 1 atom stereocenters. The SMILES string of the molecule is CN(C)C(=O)N1CCN(C)C(c2nnc3ccc(C(=O)N4CCCC4)cn23)C1. The third-order valence-corrected chi connectivity index (χ3v) is 5.67. The average Bonchev–Trinajstić information content (AvgIpc) is 3.37. The Balaban J connectivity index is 1.64. The van der Waals surface area contributed by atoms with Crippen LogP contribution in [0, 0.1) is 0 Å². The summed E-state index contributed by atoms with van der Waals surface area (Å²) in [7, 11) is 5.55. The van der Waals surface area contributed by atoms with E-state index in [4.69, 9.17) is 0 Å². The molecule has 28 heavy (non-hydrogen) atoms. The molecule has 0 bridgehead atoms. The molecule has 0 saturated carbocycles. The van der Waals surface area contributed by atoms with E-state index in [-0.39, 0.29) is 18.0 Å². The Kier molecular flexibility index (Phi) is 4.92. The number of carbonyl (C=O) groups excluding carboxylic acids is 2. The van der Waals surface area contributed by atoms with Crippen LogP contribution in [-0.2, 0) is 0 Å². The molecule has 9 heteroatoms. The Morgan fingerprint density at radius 2 is 1.79 bits per heavy atom. The van der Waals surface area contributed by atoms with Gasteiger partial charge in [0.25, 0.3) is 5.91 Å². The first kappa shape index (κ1) is 18.7. The number of hydrogen-bond donors (Lipinski definition) is 0. The highest BCUT2D eigenvalue weighted by atomic mass is 16.2. The molecule has 2 saturated heterocycles. The van der Waals surface area contributed by atoms with E-state index in [0.717, 1.165) is 38.3 Å². The first-order valence-electron chi connectivity index (χ1n) is 9.76. The fraction of sp³-hybridized carbons (Fsp3) is 0.579. The number of likely N-dealkylation sites (N-methyl/N-ethyl adjacent to an activating group) is 1. The summed E-state index contributed by atoms with van der Waals surface area (Å²) in [6, 6.07) is 3.58. The molecule has 2 aromatic rings. The maximum absolute atomic E-state index is 12.8. The largest absolute Gasteiger partial charge is 0.339 e. The van der Waals surface area contributed by atoms with Crippen molar-refractivity contribution in [3.63, 3.8) is 0 Å². The van der Waals surface area contributed by atoms with Crippen LogP contribution < -0.4 is 0 Å². The molecule has 0 aromatic carbocycles. The second kappa shape index (κ2) is 7.38. The van der Waals surface area contributed by atoms with Crippen molar-refractivity contribution in [3.8, 4) is 0 Å². The van der Waals surface area contributed by atoms with Crippen LogP contribution in [0.15, 0.2) is 18.3 Å². The number of amides is 3. The van der Waals surface area contributed by atoms with Gasteiger partial charge >= 0.3 is 6.03 Å². The second-order valence-corrected chi connectivity index (χ2v) is 7.82. The van der Waals surface area contributed by atoms with E-state index in [2.05, 4.69) is 15.1 Å². The highest BCUT2D eigenvalue weighted by Gasteiger charge is 2.32. The van der Waals surface area contributed by atoms with Crippen molar-refractivity contribution in [2.45, 2.75) is 18.9 Å². The van der Waals surface area contributed by atoms with Gasteiger partial charge < -0.3 is 14.7 Å². The third-order valence-electron chi connectivity index (χ3n) is 5.67. The predicted octanol–water partition coefficient (Wildman–Crippen LogP) is 0.935. The van der Waals surface area contributed by atoms with Crippen molar-refractivity contribution < 1.29 is 9.59 Å². The van der Waals surface area contributed by atoms with Gasteiger partial charge in [0.2, 0.25) is 0 Å². The lowest BCUT2D eigenvalue weighted by Crippen LogP contribution is -2.52. The van der Waals surface area contributed by atoms with E-state index in [1.54, 1.807) is 19.0 Å². The number of carbonyl (C=O) groups is 2. The fourth-order valence-electron chi connectivity index (χ4n) is 3.97. The van der Waals surface area contributed by atoms with Gasteiger partial charge in [0.15, 0.2) is 11.5 Å². The molecule has 1 unspecified atom stereocenters. The topological polar surface area (TPSA) is 77.3 Å². The Morgan fingerprint density at radius 1 is 1.04 bits per heavy atom. The maximum atomic E-state index is 12.8. The summed E-state index contributed by atoms with van der Waals surface area (Å²) < 4.78 is 1.90. The van der Waals surface area contributed by atoms with E-state index in [9.17, 15) is 9.59 Å². The van der Waals surface area contributed by atoms with Crippen molar-refractivity contribution >= 4 is 17.6 Å². The molecule has 0 spiro atoms. The smallest absolute Gasteiger partial charge is 0.319 e. The molecule has 4 rings (SSSR count). The molecule has 0 N–H and O–H groups in total. The normalized spacial score (nSPS) is 20.8. The molecular weight excluding hydrogens is 358 g/mol. The second-order valence-electron chi connectivity index (χ2n) is 7.82. The molecule has 4 heterocycles. The molecule has 0 radical (unpaired) electrons. The zero-order valence-electron chi connectivity index (χ0n) is 16.7. The highest BCUT2D eigenvalue weighted by Crippen LogP contribution is 2.24. The minimum Gasteiger partial charge on any atom is -0.339 e. The first-order chi connectivity index (χ1) is 13.5. The van der Waals surface area contributed by atoms with Gasteiger partial charge in [0.05, 0.1) is 11.6 Å². The van der Waals surface area contributed by atoms with E-state index < -0.39 is 0 Å². The van der Waals surface area contributed by atoms with E-state index in [0.29, 0.717) is 24.3 Å². The number of urea groups is 1. The number of hydrogen-bond acceptors (Lipinski definition) is 5. The zero-order chi connectivity index (χ0) is 19.8. The van der Waals surface area contributed by atoms with Crippen LogP contribution in [0.25, 0.3) is 5.65 Å². The molecule has 3 amide bonds. The minimum atomic E-state index is -0.0789. The predicted molar refractivity (Wildman–Crippen MR) is 104 cm³/mol. The van der Waals surface area contributed by atoms with Crippen LogP contribution in [0.3, 0.4) is 0 Å². The molecule has 0 aliphatic carbocycles. The monoisotopic (exact) mass is 385 g/mol. The van der Waals surface area contributed by atoms with Crippen LogP contribution in [-0.4, -0.2) is 100 Å². The molecule has 2 fully saturated rings. The molecule has 2 aromatic heterocycles. The summed E-state index contributed by atoms with van der Waals surface area (Å²) in [5.74, 6) is 0.810.